The monoisotopic (exact) mass is 259 g/mol. The molecule has 0 heterocycles. The van der Waals surface area contributed by atoms with Crippen molar-refractivity contribution in [2.24, 2.45) is 5.92 Å². The van der Waals surface area contributed by atoms with Crippen LogP contribution in [0.2, 0.25) is 0 Å². The van der Waals surface area contributed by atoms with Crippen molar-refractivity contribution in [3.8, 4) is 5.75 Å². The number of allylic oxidation sites excluding steroid dienone is 2. The van der Waals surface area contributed by atoms with E-state index in [2.05, 4.69) is 17.5 Å². The van der Waals surface area contributed by atoms with Crippen LogP contribution < -0.4 is 10.1 Å². The topological polar surface area (TPSA) is 38.3 Å². The van der Waals surface area contributed by atoms with Gasteiger partial charge in [-0.25, -0.2) is 0 Å². The first-order valence-electron chi connectivity index (χ1n) is 6.80. The highest BCUT2D eigenvalue weighted by atomic mass is 16.5. The van der Waals surface area contributed by atoms with Crippen molar-refractivity contribution in [1.82, 2.24) is 5.32 Å². The predicted octanol–water partition coefficient (Wildman–Crippen LogP) is 3.23. The Hall–Kier alpha value is -1.77. The summed E-state index contributed by atoms with van der Waals surface area (Å²) in [6.07, 6.45) is 7.04. The number of amides is 1. The molecule has 19 heavy (non-hydrogen) atoms. The average molecular weight is 259 g/mol. The van der Waals surface area contributed by atoms with Crippen LogP contribution in [0.1, 0.15) is 37.8 Å². The maximum atomic E-state index is 12.2. The zero-order valence-corrected chi connectivity index (χ0v) is 11.6. The number of carbonyl (C=O) groups excluding carboxylic acids is 1. The molecule has 2 unspecified atom stereocenters. The molecular formula is C16H21NO2. The Balaban J connectivity index is 2.02. The minimum atomic E-state index is -0.0328. The summed E-state index contributed by atoms with van der Waals surface area (Å²) in [6, 6.07) is 7.77. The second-order valence-corrected chi connectivity index (χ2v) is 4.95. The number of hydrogen-bond acceptors (Lipinski definition) is 2. The van der Waals surface area contributed by atoms with Crippen molar-refractivity contribution in [3.05, 3.63) is 42.0 Å². The fraction of sp³-hybridized carbons (Fsp3) is 0.438. The van der Waals surface area contributed by atoms with Gasteiger partial charge in [-0.05, 0) is 32.3 Å². The molecule has 102 valence electrons. The number of hydrogen-bond donors (Lipinski definition) is 1. The minimum Gasteiger partial charge on any atom is -0.496 e. The van der Waals surface area contributed by atoms with Gasteiger partial charge < -0.3 is 10.1 Å². The van der Waals surface area contributed by atoms with Crippen LogP contribution in [-0.2, 0) is 4.79 Å². The van der Waals surface area contributed by atoms with E-state index < -0.39 is 0 Å². The molecule has 0 saturated heterocycles. The molecule has 3 heteroatoms. The van der Waals surface area contributed by atoms with Crippen LogP contribution in [0.25, 0.3) is 0 Å². The molecule has 0 aromatic heterocycles. The molecule has 0 fully saturated rings. The van der Waals surface area contributed by atoms with Gasteiger partial charge in [-0.1, -0.05) is 30.4 Å². The van der Waals surface area contributed by atoms with Gasteiger partial charge in [-0.15, -0.1) is 0 Å². The zero-order valence-electron chi connectivity index (χ0n) is 11.6. The Morgan fingerprint density at radius 3 is 2.84 bits per heavy atom. The van der Waals surface area contributed by atoms with Gasteiger partial charge in [0.2, 0.25) is 5.91 Å². The largest absolute Gasteiger partial charge is 0.496 e. The molecule has 2 rings (SSSR count). The highest BCUT2D eigenvalue weighted by Gasteiger charge is 2.21. The first kappa shape index (κ1) is 13.7. The molecule has 1 aromatic carbocycles. The molecule has 1 N–H and O–H groups in total. The SMILES string of the molecule is COc1ccccc1C(C)NC(=O)C1CC=CCC1. The number of nitrogens with one attached hydrogen (secondary N) is 1. The second-order valence-electron chi connectivity index (χ2n) is 4.95. The van der Waals surface area contributed by atoms with Crippen LogP contribution in [0.4, 0.5) is 0 Å². The predicted molar refractivity (Wildman–Crippen MR) is 76.0 cm³/mol. The average Bonchev–Trinajstić information content (AvgIpc) is 2.48. The third-order valence-electron chi connectivity index (χ3n) is 3.60. The summed E-state index contributed by atoms with van der Waals surface area (Å²) in [5, 5.41) is 3.09. The lowest BCUT2D eigenvalue weighted by molar-refractivity contribution is -0.125. The van der Waals surface area contributed by atoms with Gasteiger partial charge in [0, 0.05) is 11.5 Å². The molecule has 1 aliphatic rings. The molecule has 0 radical (unpaired) electrons. The van der Waals surface area contributed by atoms with Crippen LogP contribution in [0.3, 0.4) is 0 Å². The Labute approximate surface area is 114 Å². The van der Waals surface area contributed by atoms with Crippen LogP contribution >= 0.6 is 0 Å². The molecule has 0 aliphatic heterocycles. The lowest BCUT2D eigenvalue weighted by Crippen LogP contribution is -2.33. The fourth-order valence-electron chi connectivity index (χ4n) is 2.46. The van der Waals surface area contributed by atoms with E-state index >= 15 is 0 Å². The third kappa shape index (κ3) is 3.37. The maximum Gasteiger partial charge on any atom is 0.223 e. The molecule has 3 nitrogen and oxygen atoms in total. The van der Waals surface area contributed by atoms with E-state index in [1.54, 1.807) is 7.11 Å². The van der Waals surface area contributed by atoms with Crippen LogP contribution in [0.15, 0.2) is 36.4 Å². The first-order valence-corrected chi connectivity index (χ1v) is 6.80. The smallest absolute Gasteiger partial charge is 0.223 e. The van der Waals surface area contributed by atoms with E-state index in [9.17, 15) is 4.79 Å². The Morgan fingerprint density at radius 1 is 1.37 bits per heavy atom. The van der Waals surface area contributed by atoms with Crippen LogP contribution in [-0.4, -0.2) is 13.0 Å². The lowest BCUT2D eigenvalue weighted by Gasteiger charge is -2.22. The zero-order chi connectivity index (χ0) is 13.7. The third-order valence-corrected chi connectivity index (χ3v) is 3.60. The molecular weight excluding hydrogens is 238 g/mol. The van der Waals surface area contributed by atoms with Crippen LogP contribution in [0, 0.1) is 5.92 Å². The summed E-state index contributed by atoms with van der Waals surface area (Å²) in [5.41, 5.74) is 1.02. The van der Waals surface area contributed by atoms with Gasteiger partial charge in [0.15, 0.2) is 0 Å². The summed E-state index contributed by atoms with van der Waals surface area (Å²) in [5.74, 6) is 1.07. The highest BCUT2D eigenvalue weighted by Crippen LogP contribution is 2.25. The number of ether oxygens (including phenoxy) is 1. The molecule has 0 spiro atoms. The molecule has 0 bridgehead atoms. The fourth-order valence-corrected chi connectivity index (χ4v) is 2.46. The molecule has 1 aliphatic carbocycles. The Kier molecular flexibility index (Phi) is 4.61. The van der Waals surface area contributed by atoms with Gasteiger partial charge in [0.1, 0.15) is 5.75 Å². The second kappa shape index (κ2) is 6.41. The maximum absolute atomic E-state index is 12.2. The number of para-hydroxylation sites is 1. The molecule has 1 aromatic rings. The summed E-state index contributed by atoms with van der Waals surface area (Å²) in [4.78, 5) is 12.2. The van der Waals surface area contributed by atoms with Crippen molar-refractivity contribution < 1.29 is 9.53 Å². The first-order chi connectivity index (χ1) is 9.22. The van der Waals surface area contributed by atoms with Crippen molar-refractivity contribution >= 4 is 5.91 Å². The number of carbonyl (C=O) groups is 1. The summed E-state index contributed by atoms with van der Waals surface area (Å²) < 4.78 is 5.33. The van der Waals surface area contributed by atoms with E-state index in [4.69, 9.17) is 4.74 Å². The van der Waals surface area contributed by atoms with Gasteiger partial charge in [0.25, 0.3) is 0 Å². The summed E-state index contributed by atoms with van der Waals surface area (Å²) in [6.45, 7) is 1.99. The van der Waals surface area contributed by atoms with E-state index in [0.717, 1.165) is 30.6 Å². The van der Waals surface area contributed by atoms with E-state index in [1.807, 2.05) is 31.2 Å². The Morgan fingerprint density at radius 2 is 2.16 bits per heavy atom. The van der Waals surface area contributed by atoms with Crippen molar-refractivity contribution in [2.75, 3.05) is 7.11 Å². The molecule has 0 saturated carbocycles. The van der Waals surface area contributed by atoms with Gasteiger partial charge in [-0.2, -0.15) is 0 Å². The quantitative estimate of drug-likeness (QED) is 0.843. The number of benzene rings is 1. The van der Waals surface area contributed by atoms with E-state index in [1.165, 1.54) is 0 Å². The van der Waals surface area contributed by atoms with Gasteiger partial charge in [-0.3, -0.25) is 4.79 Å². The summed E-state index contributed by atoms with van der Waals surface area (Å²) in [7, 11) is 1.65. The summed E-state index contributed by atoms with van der Waals surface area (Å²) >= 11 is 0. The van der Waals surface area contributed by atoms with Crippen molar-refractivity contribution in [1.29, 1.82) is 0 Å². The van der Waals surface area contributed by atoms with Crippen molar-refractivity contribution in [3.63, 3.8) is 0 Å². The number of rotatable bonds is 4. The number of methoxy groups -OCH3 is 1. The van der Waals surface area contributed by atoms with Crippen LogP contribution in [0.5, 0.6) is 5.75 Å². The van der Waals surface area contributed by atoms with Crippen molar-refractivity contribution in [2.45, 2.75) is 32.2 Å². The molecule has 1 amide bonds. The van der Waals surface area contributed by atoms with E-state index in [0.29, 0.717) is 0 Å². The van der Waals surface area contributed by atoms with Gasteiger partial charge in [0.05, 0.1) is 13.2 Å². The normalized spacial score (nSPS) is 19.8. The van der Waals surface area contributed by atoms with Gasteiger partial charge >= 0.3 is 0 Å². The molecule has 2 atom stereocenters. The lowest BCUT2D eigenvalue weighted by atomic mass is 9.93. The minimum absolute atomic E-state index is 0.0328. The van der Waals surface area contributed by atoms with E-state index in [-0.39, 0.29) is 17.9 Å². The Bertz CT molecular complexity index is 468. The highest BCUT2D eigenvalue weighted by molar-refractivity contribution is 5.79. The standard InChI is InChI=1S/C16H21NO2/c1-12(14-10-6-7-11-15(14)19-2)17-16(18)13-8-4-3-5-9-13/h3-4,6-7,10-13H,5,8-9H2,1-2H3,(H,17,18).